The summed E-state index contributed by atoms with van der Waals surface area (Å²) in [6.07, 6.45) is 1.63. The molecule has 2 aliphatic rings. The van der Waals surface area contributed by atoms with Crippen molar-refractivity contribution in [3.63, 3.8) is 0 Å². The van der Waals surface area contributed by atoms with Gasteiger partial charge in [-0.05, 0) is 32.4 Å². The van der Waals surface area contributed by atoms with Gasteiger partial charge in [0.25, 0.3) is 0 Å². The van der Waals surface area contributed by atoms with Crippen LogP contribution in [-0.2, 0) is 0 Å². The fourth-order valence-electron chi connectivity index (χ4n) is 2.57. The van der Waals surface area contributed by atoms with Gasteiger partial charge < -0.3 is 15.9 Å². The van der Waals surface area contributed by atoms with E-state index in [4.69, 9.17) is 5.73 Å². The Bertz CT molecular complexity index is 182. The third-order valence-electron chi connectivity index (χ3n) is 3.26. The van der Waals surface area contributed by atoms with E-state index in [1.54, 1.807) is 0 Å². The molecule has 4 nitrogen and oxygen atoms in total. The molecule has 0 radical (unpaired) electrons. The van der Waals surface area contributed by atoms with E-state index in [0.29, 0.717) is 6.42 Å². The minimum Gasteiger partial charge on any atom is -0.390 e. The van der Waals surface area contributed by atoms with Crippen LogP contribution in [0.3, 0.4) is 0 Å². The van der Waals surface area contributed by atoms with Gasteiger partial charge in [0.1, 0.15) is 0 Å². The van der Waals surface area contributed by atoms with Crippen LogP contribution < -0.4 is 5.73 Å². The first-order valence-electron chi connectivity index (χ1n) is 5.06. The maximum absolute atomic E-state index is 9.72. The normalized spacial score (nSPS) is 47.3. The number of aliphatic hydroxyl groups is 2. The molecule has 0 aromatic carbocycles. The van der Waals surface area contributed by atoms with E-state index < -0.39 is 12.2 Å². The first-order valence-corrected chi connectivity index (χ1v) is 5.06. The fraction of sp³-hybridized carbons (Fsp3) is 1.00. The predicted octanol–water partition coefficient (Wildman–Crippen LogP) is -1.10. The summed E-state index contributed by atoms with van der Waals surface area (Å²) in [5.74, 6) is 0. The van der Waals surface area contributed by atoms with Crippen molar-refractivity contribution >= 4 is 0 Å². The molecule has 1 saturated heterocycles. The fourth-order valence-corrected chi connectivity index (χ4v) is 2.57. The number of likely N-dealkylation sites (tertiary alicyclic amines) is 1. The molecule has 13 heavy (non-hydrogen) atoms. The van der Waals surface area contributed by atoms with Crippen molar-refractivity contribution in [2.45, 2.75) is 43.6 Å². The van der Waals surface area contributed by atoms with Crippen LogP contribution >= 0.6 is 0 Å². The average molecular weight is 186 g/mol. The summed E-state index contributed by atoms with van der Waals surface area (Å²) in [6, 6.07) is -0.0828. The summed E-state index contributed by atoms with van der Waals surface area (Å²) in [6.45, 7) is 2.03. The van der Waals surface area contributed by atoms with E-state index in [0.717, 1.165) is 13.1 Å². The van der Waals surface area contributed by atoms with Gasteiger partial charge in [-0.2, -0.15) is 0 Å². The molecule has 0 bridgehead atoms. The van der Waals surface area contributed by atoms with Crippen LogP contribution in [0, 0.1) is 0 Å². The second-order valence-electron chi connectivity index (χ2n) is 4.19. The third kappa shape index (κ3) is 1.59. The zero-order chi connectivity index (χ0) is 9.42. The third-order valence-corrected chi connectivity index (χ3v) is 3.26. The Morgan fingerprint density at radius 3 is 2.23 bits per heavy atom. The molecule has 1 heterocycles. The Kier molecular flexibility index (Phi) is 2.55. The van der Waals surface area contributed by atoms with Gasteiger partial charge in [-0.3, -0.25) is 4.90 Å². The molecule has 1 aliphatic heterocycles. The summed E-state index contributed by atoms with van der Waals surface area (Å²) in [5, 5.41) is 19.2. The van der Waals surface area contributed by atoms with E-state index >= 15 is 0 Å². The highest BCUT2D eigenvalue weighted by molar-refractivity contribution is 5.00. The van der Waals surface area contributed by atoms with Crippen molar-refractivity contribution in [2.75, 3.05) is 13.1 Å². The first-order chi connectivity index (χ1) is 6.20. The van der Waals surface area contributed by atoms with Crippen LogP contribution in [0.25, 0.3) is 0 Å². The van der Waals surface area contributed by atoms with Crippen molar-refractivity contribution in [1.82, 2.24) is 4.90 Å². The number of hydrogen-bond acceptors (Lipinski definition) is 4. The van der Waals surface area contributed by atoms with Crippen molar-refractivity contribution in [3.05, 3.63) is 0 Å². The molecule has 4 N–H and O–H groups in total. The molecular weight excluding hydrogens is 168 g/mol. The quantitative estimate of drug-likeness (QED) is 0.486. The van der Waals surface area contributed by atoms with Crippen LogP contribution in [0.2, 0.25) is 0 Å². The molecule has 1 aliphatic carbocycles. The van der Waals surface area contributed by atoms with E-state index in [-0.39, 0.29) is 12.1 Å². The second kappa shape index (κ2) is 3.53. The zero-order valence-corrected chi connectivity index (χ0v) is 7.76. The van der Waals surface area contributed by atoms with Crippen molar-refractivity contribution in [2.24, 2.45) is 5.73 Å². The highest BCUT2D eigenvalue weighted by atomic mass is 16.3. The summed E-state index contributed by atoms with van der Waals surface area (Å²) in [4.78, 5) is 2.21. The lowest BCUT2D eigenvalue weighted by molar-refractivity contribution is 0.00373. The molecular formula is C9H18N2O2. The highest BCUT2D eigenvalue weighted by Gasteiger charge is 2.43. The monoisotopic (exact) mass is 186 g/mol. The Balaban J connectivity index is 2.04. The lowest BCUT2D eigenvalue weighted by Gasteiger charge is -2.29. The molecule has 4 heteroatoms. The number of nitrogens with two attached hydrogens (primary N) is 1. The number of aliphatic hydroxyl groups excluding tert-OH is 2. The molecule has 0 spiro atoms. The lowest BCUT2D eigenvalue weighted by Crippen LogP contribution is -2.49. The average Bonchev–Trinajstić information content (AvgIpc) is 2.63. The SMILES string of the molecule is N[C@@H]1C[C@H](O)[C@H](O)[C@H]1N1CCCC1. The van der Waals surface area contributed by atoms with Crippen LogP contribution in [0.5, 0.6) is 0 Å². The van der Waals surface area contributed by atoms with E-state index in [1.165, 1.54) is 12.8 Å². The Morgan fingerprint density at radius 1 is 1.15 bits per heavy atom. The Hall–Kier alpha value is -0.160. The molecule has 0 aromatic heterocycles. The van der Waals surface area contributed by atoms with Gasteiger partial charge in [-0.25, -0.2) is 0 Å². The summed E-state index contributed by atoms with van der Waals surface area (Å²) in [5.41, 5.74) is 5.88. The molecule has 0 unspecified atom stereocenters. The smallest absolute Gasteiger partial charge is 0.0969 e. The molecule has 2 fully saturated rings. The van der Waals surface area contributed by atoms with Gasteiger partial charge in [0.05, 0.1) is 18.2 Å². The van der Waals surface area contributed by atoms with E-state index in [2.05, 4.69) is 4.90 Å². The maximum Gasteiger partial charge on any atom is 0.0969 e. The maximum atomic E-state index is 9.72. The van der Waals surface area contributed by atoms with Gasteiger partial charge in [0, 0.05) is 6.04 Å². The molecule has 1 saturated carbocycles. The van der Waals surface area contributed by atoms with Crippen molar-refractivity contribution < 1.29 is 10.2 Å². The Morgan fingerprint density at radius 2 is 1.77 bits per heavy atom. The lowest BCUT2D eigenvalue weighted by atomic mass is 10.1. The van der Waals surface area contributed by atoms with Crippen LogP contribution in [0.4, 0.5) is 0 Å². The summed E-state index contributed by atoms with van der Waals surface area (Å²) < 4.78 is 0. The number of rotatable bonds is 1. The second-order valence-corrected chi connectivity index (χ2v) is 4.19. The number of nitrogens with zero attached hydrogens (tertiary/aromatic N) is 1. The van der Waals surface area contributed by atoms with E-state index in [9.17, 15) is 10.2 Å². The summed E-state index contributed by atoms with van der Waals surface area (Å²) >= 11 is 0. The highest BCUT2D eigenvalue weighted by Crippen LogP contribution is 2.26. The molecule has 76 valence electrons. The standard InChI is InChI=1S/C9H18N2O2/c10-6-5-7(12)9(13)8(6)11-3-1-2-4-11/h6-9,12-13H,1-5,10H2/t6-,7+,8+,9+/m1/s1. The molecule has 0 aromatic rings. The van der Waals surface area contributed by atoms with E-state index in [1.807, 2.05) is 0 Å². The number of hydrogen-bond donors (Lipinski definition) is 3. The van der Waals surface area contributed by atoms with Crippen molar-refractivity contribution in [3.8, 4) is 0 Å². The first kappa shape index (κ1) is 9.40. The van der Waals surface area contributed by atoms with Crippen LogP contribution in [-0.4, -0.2) is 52.5 Å². The van der Waals surface area contributed by atoms with Crippen LogP contribution in [0.15, 0.2) is 0 Å². The Labute approximate surface area is 78.3 Å². The minimum absolute atomic E-state index is 0.0162. The largest absolute Gasteiger partial charge is 0.390 e. The van der Waals surface area contributed by atoms with Gasteiger partial charge in [0.15, 0.2) is 0 Å². The molecule has 2 rings (SSSR count). The minimum atomic E-state index is -0.645. The van der Waals surface area contributed by atoms with Gasteiger partial charge in [-0.1, -0.05) is 0 Å². The van der Waals surface area contributed by atoms with Crippen molar-refractivity contribution in [1.29, 1.82) is 0 Å². The van der Waals surface area contributed by atoms with Crippen LogP contribution in [0.1, 0.15) is 19.3 Å². The summed E-state index contributed by atoms with van der Waals surface area (Å²) in [7, 11) is 0. The van der Waals surface area contributed by atoms with Gasteiger partial charge in [0.2, 0.25) is 0 Å². The van der Waals surface area contributed by atoms with Gasteiger partial charge >= 0.3 is 0 Å². The predicted molar refractivity (Wildman–Crippen MR) is 49.2 cm³/mol. The topological polar surface area (TPSA) is 69.7 Å². The molecule has 0 amide bonds. The molecule has 4 atom stereocenters. The van der Waals surface area contributed by atoms with Gasteiger partial charge in [-0.15, -0.1) is 0 Å². The zero-order valence-electron chi connectivity index (χ0n) is 7.76.